The Hall–Kier alpha value is -1.18. The van der Waals surface area contributed by atoms with E-state index in [-0.39, 0.29) is 17.0 Å². The standard InChI is InChI=1S/C12H9BrN4S.BrH/c13-8-3-1-7(2-4-8)9-5-18-12(17-9)10-11(14)16-6-15-10;/h1-6H,14H2,(H,15,16);1H. The number of nitrogens with zero attached hydrogens (tertiary/aromatic N) is 2. The summed E-state index contributed by atoms with van der Waals surface area (Å²) in [6.45, 7) is 0. The Kier molecular flexibility index (Phi) is 4.38. The molecule has 7 heteroatoms. The minimum Gasteiger partial charge on any atom is -0.382 e. The largest absolute Gasteiger partial charge is 0.382 e. The first-order chi connectivity index (χ1) is 8.74. The number of aromatic amines is 1. The van der Waals surface area contributed by atoms with Crippen molar-refractivity contribution in [3.63, 3.8) is 0 Å². The number of nitrogens with one attached hydrogen (secondary N) is 1. The number of rotatable bonds is 2. The molecule has 0 aliphatic rings. The van der Waals surface area contributed by atoms with E-state index < -0.39 is 0 Å². The number of H-pyrrole nitrogens is 1. The lowest BCUT2D eigenvalue weighted by atomic mass is 10.2. The van der Waals surface area contributed by atoms with Gasteiger partial charge in [-0.3, -0.25) is 0 Å². The Morgan fingerprint density at radius 3 is 2.58 bits per heavy atom. The van der Waals surface area contributed by atoms with Gasteiger partial charge in [-0.2, -0.15) is 0 Å². The molecule has 3 N–H and O–H groups in total. The molecule has 0 aliphatic heterocycles. The third kappa shape index (κ3) is 2.88. The smallest absolute Gasteiger partial charge is 0.152 e. The van der Waals surface area contributed by atoms with Crippen molar-refractivity contribution in [3.8, 4) is 22.0 Å². The molecular formula is C12H10Br2N4S. The van der Waals surface area contributed by atoms with Crippen LogP contribution in [0, 0.1) is 0 Å². The molecule has 0 aliphatic carbocycles. The number of halogens is 2. The lowest BCUT2D eigenvalue weighted by molar-refractivity contribution is 1.30. The van der Waals surface area contributed by atoms with Gasteiger partial charge in [-0.05, 0) is 12.1 Å². The second kappa shape index (κ2) is 5.85. The van der Waals surface area contributed by atoms with Crippen LogP contribution in [0.4, 0.5) is 5.82 Å². The van der Waals surface area contributed by atoms with Gasteiger partial charge in [0.1, 0.15) is 10.7 Å². The molecule has 0 radical (unpaired) electrons. The van der Waals surface area contributed by atoms with Crippen molar-refractivity contribution in [1.29, 1.82) is 0 Å². The molecule has 0 bridgehead atoms. The van der Waals surface area contributed by atoms with Crippen LogP contribution in [0.2, 0.25) is 0 Å². The van der Waals surface area contributed by atoms with Crippen LogP contribution in [0.15, 0.2) is 40.4 Å². The number of thiazole rings is 1. The molecule has 0 unspecified atom stereocenters. The van der Waals surface area contributed by atoms with Gasteiger partial charge in [0.25, 0.3) is 0 Å². The first-order valence-corrected chi connectivity index (χ1v) is 6.92. The fourth-order valence-corrected chi connectivity index (χ4v) is 2.73. The highest BCUT2D eigenvalue weighted by atomic mass is 79.9. The lowest BCUT2D eigenvalue weighted by Gasteiger charge is -1.96. The zero-order chi connectivity index (χ0) is 12.5. The summed E-state index contributed by atoms with van der Waals surface area (Å²) >= 11 is 4.96. The Morgan fingerprint density at radius 1 is 1.21 bits per heavy atom. The van der Waals surface area contributed by atoms with Crippen molar-refractivity contribution < 1.29 is 0 Å². The molecule has 98 valence electrons. The molecule has 0 spiro atoms. The van der Waals surface area contributed by atoms with Gasteiger partial charge in [-0.1, -0.05) is 28.1 Å². The minimum absolute atomic E-state index is 0. The Morgan fingerprint density at radius 2 is 1.95 bits per heavy atom. The molecule has 1 aromatic carbocycles. The molecule has 4 nitrogen and oxygen atoms in total. The normalized spacial score (nSPS) is 10.2. The molecule has 0 atom stereocenters. The number of hydrogen-bond acceptors (Lipinski definition) is 4. The third-order valence-electron chi connectivity index (χ3n) is 2.53. The predicted molar refractivity (Wildman–Crippen MR) is 87.6 cm³/mol. The maximum Gasteiger partial charge on any atom is 0.152 e. The number of nitrogen functional groups attached to an aromatic ring is 1. The van der Waals surface area contributed by atoms with E-state index >= 15 is 0 Å². The van der Waals surface area contributed by atoms with Gasteiger partial charge < -0.3 is 10.7 Å². The van der Waals surface area contributed by atoms with Crippen LogP contribution in [0.3, 0.4) is 0 Å². The molecule has 0 fully saturated rings. The predicted octanol–water partition coefficient (Wildman–Crippen LogP) is 4.12. The van der Waals surface area contributed by atoms with Crippen LogP contribution in [-0.4, -0.2) is 15.0 Å². The van der Waals surface area contributed by atoms with Crippen molar-refractivity contribution in [3.05, 3.63) is 40.4 Å². The zero-order valence-corrected chi connectivity index (χ0v) is 13.7. The van der Waals surface area contributed by atoms with Crippen LogP contribution in [0.25, 0.3) is 22.0 Å². The van der Waals surface area contributed by atoms with E-state index in [1.54, 1.807) is 17.7 Å². The number of anilines is 1. The summed E-state index contributed by atoms with van der Waals surface area (Å²) in [4.78, 5) is 11.5. The summed E-state index contributed by atoms with van der Waals surface area (Å²) in [6.07, 6.45) is 1.57. The van der Waals surface area contributed by atoms with E-state index in [0.29, 0.717) is 5.82 Å². The molecule has 3 rings (SSSR count). The van der Waals surface area contributed by atoms with Crippen LogP contribution >= 0.6 is 44.2 Å². The van der Waals surface area contributed by atoms with Gasteiger partial charge in [0.2, 0.25) is 0 Å². The first-order valence-electron chi connectivity index (χ1n) is 5.25. The summed E-state index contributed by atoms with van der Waals surface area (Å²) in [5, 5.41) is 2.86. The number of aromatic nitrogens is 3. The molecular weight excluding hydrogens is 392 g/mol. The molecule has 2 heterocycles. The van der Waals surface area contributed by atoms with Crippen LogP contribution in [0.1, 0.15) is 0 Å². The fourth-order valence-electron chi connectivity index (χ4n) is 1.62. The molecule has 0 saturated carbocycles. The molecule has 0 amide bonds. The molecule has 0 saturated heterocycles. The van der Waals surface area contributed by atoms with Crippen molar-refractivity contribution in [2.24, 2.45) is 0 Å². The quantitative estimate of drug-likeness (QED) is 0.678. The van der Waals surface area contributed by atoms with Crippen molar-refractivity contribution >= 4 is 50.1 Å². The minimum atomic E-state index is 0. The summed E-state index contributed by atoms with van der Waals surface area (Å²) in [5.41, 5.74) is 8.56. The van der Waals surface area contributed by atoms with Crippen molar-refractivity contribution in [1.82, 2.24) is 15.0 Å². The van der Waals surface area contributed by atoms with Gasteiger partial charge in [-0.15, -0.1) is 28.3 Å². The number of benzene rings is 1. The average molecular weight is 402 g/mol. The Balaban J connectivity index is 0.00000133. The number of nitrogens with two attached hydrogens (primary N) is 1. The van der Waals surface area contributed by atoms with E-state index in [0.717, 1.165) is 26.4 Å². The van der Waals surface area contributed by atoms with Crippen LogP contribution < -0.4 is 5.73 Å². The third-order valence-corrected chi connectivity index (χ3v) is 3.92. The van der Waals surface area contributed by atoms with Gasteiger partial charge in [0.05, 0.1) is 12.0 Å². The maximum absolute atomic E-state index is 5.76. The van der Waals surface area contributed by atoms with E-state index in [9.17, 15) is 0 Å². The zero-order valence-electron chi connectivity index (χ0n) is 9.63. The summed E-state index contributed by atoms with van der Waals surface area (Å²) in [5.74, 6) is 0.478. The van der Waals surface area contributed by atoms with Crippen LogP contribution in [0.5, 0.6) is 0 Å². The second-order valence-electron chi connectivity index (χ2n) is 3.71. The summed E-state index contributed by atoms with van der Waals surface area (Å²) in [6, 6.07) is 8.05. The van der Waals surface area contributed by atoms with Gasteiger partial charge >= 0.3 is 0 Å². The Labute approximate surface area is 133 Å². The van der Waals surface area contributed by atoms with Gasteiger partial charge in [0.15, 0.2) is 5.82 Å². The van der Waals surface area contributed by atoms with Crippen LogP contribution in [-0.2, 0) is 0 Å². The maximum atomic E-state index is 5.76. The van der Waals surface area contributed by atoms with Gasteiger partial charge in [0, 0.05) is 15.4 Å². The highest BCUT2D eigenvalue weighted by Crippen LogP contribution is 2.30. The fraction of sp³-hybridized carbons (Fsp3) is 0. The molecule has 3 aromatic rings. The first kappa shape index (κ1) is 14.2. The Bertz CT molecular complexity index is 675. The monoisotopic (exact) mass is 400 g/mol. The topological polar surface area (TPSA) is 67.6 Å². The summed E-state index contributed by atoms with van der Waals surface area (Å²) < 4.78 is 1.06. The molecule has 2 aromatic heterocycles. The second-order valence-corrected chi connectivity index (χ2v) is 5.48. The number of hydrogen-bond donors (Lipinski definition) is 2. The average Bonchev–Trinajstić information content (AvgIpc) is 2.98. The van der Waals surface area contributed by atoms with E-state index in [1.165, 1.54) is 0 Å². The van der Waals surface area contributed by atoms with E-state index in [2.05, 4.69) is 30.9 Å². The van der Waals surface area contributed by atoms with Crippen molar-refractivity contribution in [2.75, 3.05) is 5.73 Å². The SMILES string of the molecule is Br.Nc1nc[nH]c1-c1nc(-c2ccc(Br)cc2)cs1. The molecule has 19 heavy (non-hydrogen) atoms. The van der Waals surface area contributed by atoms with Gasteiger partial charge in [-0.25, -0.2) is 9.97 Å². The lowest BCUT2D eigenvalue weighted by Crippen LogP contribution is -1.88. The van der Waals surface area contributed by atoms with E-state index in [1.807, 2.05) is 29.6 Å². The summed E-state index contributed by atoms with van der Waals surface area (Å²) in [7, 11) is 0. The highest BCUT2D eigenvalue weighted by molar-refractivity contribution is 9.10. The highest BCUT2D eigenvalue weighted by Gasteiger charge is 2.10. The van der Waals surface area contributed by atoms with E-state index in [4.69, 9.17) is 5.73 Å². The number of imidazole rings is 1. The van der Waals surface area contributed by atoms with Crippen molar-refractivity contribution in [2.45, 2.75) is 0 Å².